The molecule has 6 nitrogen and oxygen atoms in total. The summed E-state index contributed by atoms with van der Waals surface area (Å²) in [4.78, 5) is 25.7. The Labute approximate surface area is 122 Å². The van der Waals surface area contributed by atoms with Crippen molar-refractivity contribution < 1.29 is 14.8 Å². The monoisotopic (exact) mass is 310 g/mol. The van der Waals surface area contributed by atoms with Crippen LogP contribution in [0.3, 0.4) is 0 Å². The van der Waals surface area contributed by atoms with Gasteiger partial charge >= 0.3 is 11.7 Å². The highest BCUT2D eigenvalue weighted by Gasteiger charge is 2.17. The van der Waals surface area contributed by atoms with E-state index in [2.05, 4.69) is 4.98 Å². The average Bonchev–Trinajstić information content (AvgIpc) is 2.41. The van der Waals surface area contributed by atoms with Gasteiger partial charge in [-0.3, -0.25) is 10.1 Å². The van der Waals surface area contributed by atoms with Crippen LogP contribution in [0.25, 0.3) is 0 Å². The fourth-order valence-corrected chi connectivity index (χ4v) is 2.48. The average molecular weight is 311 g/mol. The summed E-state index contributed by atoms with van der Waals surface area (Å²) >= 11 is 6.68. The molecular weight excluding hydrogens is 304 g/mol. The molecule has 1 aromatic heterocycles. The van der Waals surface area contributed by atoms with E-state index in [-0.39, 0.29) is 21.3 Å². The number of hydrogen-bond acceptors (Lipinski definition) is 5. The van der Waals surface area contributed by atoms with E-state index >= 15 is 0 Å². The Morgan fingerprint density at radius 2 is 2.15 bits per heavy atom. The quantitative estimate of drug-likeness (QED) is 0.686. The molecule has 0 bridgehead atoms. The number of benzene rings is 1. The van der Waals surface area contributed by atoms with Crippen molar-refractivity contribution in [3.63, 3.8) is 0 Å². The van der Waals surface area contributed by atoms with Gasteiger partial charge in [-0.2, -0.15) is 0 Å². The highest BCUT2D eigenvalue weighted by molar-refractivity contribution is 7.99. The lowest BCUT2D eigenvalue weighted by Crippen LogP contribution is -1.96. The van der Waals surface area contributed by atoms with Crippen LogP contribution < -0.4 is 0 Å². The van der Waals surface area contributed by atoms with Gasteiger partial charge in [0.2, 0.25) is 0 Å². The van der Waals surface area contributed by atoms with Crippen LogP contribution in [0, 0.1) is 10.1 Å². The molecular formula is C12H7ClN2O4S. The molecule has 0 atom stereocenters. The van der Waals surface area contributed by atoms with Crippen LogP contribution in [-0.4, -0.2) is 21.0 Å². The van der Waals surface area contributed by atoms with E-state index in [1.807, 2.05) is 0 Å². The third-order valence-corrected chi connectivity index (χ3v) is 3.50. The number of carbonyl (C=O) groups is 1. The standard InChI is InChI=1S/C12H7ClN2O4S/c13-8-5-10(15(18)19)11(14-6-8)20-9-3-1-2-7(4-9)12(16)17/h1-6H,(H,16,17). The van der Waals surface area contributed by atoms with Crippen LogP contribution in [0.5, 0.6) is 0 Å². The summed E-state index contributed by atoms with van der Waals surface area (Å²) < 4.78 is 0. The summed E-state index contributed by atoms with van der Waals surface area (Å²) in [7, 11) is 0. The SMILES string of the molecule is O=C(O)c1cccc(Sc2ncc(Cl)cc2[N+](=O)[O-])c1. The van der Waals surface area contributed by atoms with E-state index in [4.69, 9.17) is 16.7 Å². The van der Waals surface area contributed by atoms with Gasteiger partial charge in [-0.15, -0.1) is 0 Å². The van der Waals surface area contributed by atoms with Crippen molar-refractivity contribution in [2.24, 2.45) is 0 Å². The predicted octanol–water partition coefficient (Wildman–Crippen LogP) is 3.49. The Balaban J connectivity index is 2.37. The number of nitrogens with zero attached hydrogens (tertiary/aromatic N) is 2. The number of aromatic carboxylic acids is 1. The smallest absolute Gasteiger partial charge is 0.335 e. The molecule has 0 fully saturated rings. The van der Waals surface area contributed by atoms with Gasteiger partial charge in [0, 0.05) is 17.2 Å². The molecule has 2 rings (SSSR count). The second kappa shape index (κ2) is 5.89. The van der Waals surface area contributed by atoms with Gasteiger partial charge in [-0.25, -0.2) is 9.78 Å². The molecule has 0 amide bonds. The highest BCUT2D eigenvalue weighted by atomic mass is 35.5. The zero-order chi connectivity index (χ0) is 14.7. The molecule has 0 radical (unpaired) electrons. The minimum atomic E-state index is -1.06. The van der Waals surface area contributed by atoms with Gasteiger partial charge in [0.15, 0.2) is 5.03 Å². The van der Waals surface area contributed by atoms with Crippen molar-refractivity contribution in [1.82, 2.24) is 4.98 Å². The maximum absolute atomic E-state index is 10.9. The Morgan fingerprint density at radius 1 is 1.40 bits per heavy atom. The number of carboxylic acids is 1. The molecule has 0 aliphatic rings. The van der Waals surface area contributed by atoms with Gasteiger partial charge in [-0.05, 0) is 18.2 Å². The normalized spacial score (nSPS) is 10.2. The summed E-state index contributed by atoms with van der Waals surface area (Å²) in [6.07, 6.45) is 1.30. The number of hydrogen-bond donors (Lipinski definition) is 1. The molecule has 0 aliphatic carbocycles. The third kappa shape index (κ3) is 3.25. The number of aromatic nitrogens is 1. The fourth-order valence-electron chi connectivity index (χ4n) is 1.43. The van der Waals surface area contributed by atoms with E-state index in [0.29, 0.717) is 4.90 Å². The molecule has 0 aliphatic heterocycles. The van der Waals surface area contributed by atoms with Crippen molar-refractivity contribution in [1.29, 1.82) is 0 Å². The first-order valence-corrected chi connectivity index (χ1v) is 6.48. The zero-order valence-electron chi connectivity index (χ0n) is 9.82. The molecule has 8 heteroatoms. The molecule has 1 N–H and O–H groups in total. The molecule has 2 aromatic rings. The summed E-state index contributed by atoms with van der Waals surface area (Å²) in [5.41, 5.74) is -0.116. The molecule has 102 valence electrons. The first-order valence-electron chi connectivity index (χ1n) is 5.28. The lowest BCUT2D eigenvalue weighted by Gasteiger charge is -2.03. The first kappa shape index (κ1) is 14.3. The largest absolute Gasteiger partial charge is 0.478 e. The number of pyridine rings is 1. The Hall–Kier alpha value is -2.12. The maximum atomic E-state index is 10.9. The van der Waals surface area contributed by atoms with E-state index in [0.717, 1.165) is 11.8 Å². The molecule has 0 saturated heterocycles. The lowest BCUT2D eigenvalue weighted by molar-refractivity contribution is -0.388. The van der Waals surface area contributed by atoms with Crippen molar-refractivity contribution in [3.05, 3.63) is 57.2 Å². The topological polar surface area (TPSA) is 93.3 Å². The number of nitro groups is 1. The fraction of sp³-hybridized carbons (Fsp3) is 0. The minimum Gasteiger partial charge on any atom is -0.478 e. The number of halogens is 1. The Morgan fingerprint density at radius 3 is 2.80 bits per heavy atom. The Bertz CT molecular complexity index is 693. The summed E-state index contributed by atoms with van der Waals surface area (Å²) in [6, 6.07) is 7.28. The van der Waals surface area contributed by atoms with E-state index < -0.39 is 10.9 Å². The second-order valence-electron chi connectivity index (χ2n) is 3.67. The predicted molar refractivity (Wildman–Crippen MR) is 73.4 cm³/mol. The minimum absolute atomic E-state index is 0.103. The van der Waals surface area contributed by atoms with Crippen molar-refractivity contribution in [2.45, 2.75) is 9.92 Å². The van der Waals surface area contributed by atoms with Crippen LogP contribution in [0.15, 0.2) is 46.5 Å². The van der Waals surface area contributed by atoms with Gasteiger partial charge in [-0.1, -0.05) is 29.4 Å². The third-order valence-electron chi connectivity index (χ3n) is 2.29. The van der Waals surface area contributed by atoms with Crippen LogP contribution in [-0.2, 0) is 0 Å². The summed E-state index contributed by atoms with van der Waals surface area (Å²) in [5.74, 6) is -1.06. The first-order chi connectivity index (χ1) is 9.47. The molecule has 0 saturated carbocycles. The van der Waals surface area contributed by atoms with Gasteiger partial charge in [0.1, 0.15) is 0 Å². The van der Waals surface area contributed by atoms with Crippen molar-refractivity contribution in [3.8, 4) is 0 Å². The van der Waals surface area contributed by atoms with Crippen LogP contribution in [0.2, 0.25) is 5.02 Å². The van der Waals surface area contributed by atoms with Crippen LogP contribution in [0.1, 0.15) is 10.4 Å². The summed E-state index contributed by atoms with van der Waals surface area (Å²) in [5, 5.41) is 20.2. The second-order valence-corrected chi connectivity index (χ2v) is 5.17. The molecule has 0 unspecified atom stereocenters. The van der Waals surface area contributed by atoms with E-state index in [9.17, 15) is 14.9 Å². The van der Waals surface area contributed by atoms with Gasteiger partial charge < -0.3 is 5.11 Å². The number of carboxylic acid groups (broad SMARTS) is 1. The van der Waals surface area contributed by atoms with Gasteiger partial charge in [0.05, 0.1) is 15.5 Å². The van der Waals surface area contributed by atoms with Crippen molar-refractivity contribution >= 4 is 35.0 Å². The zero-order valence-corrected chi connectivity index (χ0v) is 11.4. The van der Waals surface area contributed by atoms with E-state index in [1.54, 1.807) is 12.1 Å². The number of rotatable bonds is 4. The van der Waals surface area contributed by atoms with E-state index in [1.165, 1.54) is 24.4 Å². The molecule has 1 heterocycles. The molecule has 1 aromatic carbocycles. The molecule has 20 heavy (non-hydrogen) atoms. The van der Waals surface area contributed by atoms with Crippen LogP contribution in [0.4, 0.5) is 5.69 Å². The highest BCUT2D eigenvalue weighted by Crippen LogP contribution is 2.34. The maximum Gasteiger partial charge on any atom is 0.335 e. The lowest BCUT2D eigenvalue weighted by atomic mass is 10.2. The Kier molecular flexibility index (Phi) is 4.21. The van der Waals surface area contributed by atoms with Gasteiger partial charge in [0.25, 0.3) is 0 Å². The van der Waals surface area contributed by atoms with Crippen molar-refractivity contribution in [2.75, 3.05) is 0 Å². The summed E-state index contributed by atoms with van der Waals surface area (Å²) in [6.45, 7) is 0. The molecule has 0 spiro atoms. The van der Waals surface area contributed by atoms with Crippen LogP contribution >= 0.6 is 23.4 Å².